The lowest BCUT2D eigenvalue weighted by molar-refractivity contribution is -0.136. The highest BCUT2D eigenvalue weighted by Gasteiger charge is 2.42. The Morgan fingerprint density at radius 3 is 2.57 bits per heavy atom. The van der Waals surface area contributed by atoms with Gasteiger partial charge in [0.25, 0.3) is 11.8 Å². The quantitative estimate of drug-likeness (QED) is 0.665. The molecule has 4 rings (SSSR count). The van der Waals surface area contributed by atoms with Gasteiger partial charge in [-0.1, -0.05) is 54.4 Å². The molecule has 6 heteroatoms. The second-order valence-electron chi connectivity index (χ2n) is 6.99. The smallest absolute Gasteiger partial charge is 0.278 e. The predicted octanol–water partition coefficient (Wildman–Crippen LogP) is 4.94. The lowest BCUT2D eigenvalue weighted by Gasteiger charge is -2.32. The van der Waals surface area contributed by atoms with Gasteiger partial charge in [-0.25, -0.2) is 0 Å². The number of hydrogen-bond acceptors (Lipinski definition) is 3. The first-order valence-electron chi connectivity index (χ1n) is 9.44. The van der Waals surface area contributed by atoms with Gasteiger partial charge < -0.3 is 4.90 Å². The molecule has 2 amide bonds. The summed E-state index contributed by atoms with van der Waals surface area (Å²) < 4.78 is 0. The maximum Gasteiger partial charge on any atom is 0.278 e. The summed E-state index contributed by atoms with van der Waals surface area (Å²) in [5, 5.41) is 0.853. The molecule has 0 saturated heterocycles. The van der Waals surface area contributed by atoms with Gasteiger partial charge in [-0.2, -0.15) is 0 Å². The number of amides is 2. The van der Waals surface area contributed by atoms with Crippen molar-refractivity contribution >= 4 is 46.3 Å². The molecule has 2 aromatic rings. The molecule has 144 valence electrons. The van der Waals surface area contributed by atoms with Crippen LogP contribution in [0.4, 0.5) is 5.69 Å². The van der Waals surface area contributed by atoms with E-state index in [2.05, 4.69) is 6.07 Å². The second kappa shape index (κ2) is 7.61. The number of benzene rings is 2. The van der Waals surface area contributed by atoms with Crippen LogP contribution < -0.4 is 4.90 Å². The number of fused-ring (bicyclic) bond motifs is 1. The molecule has 0 fully saturated rings. The number of carbonyl (C=O) groups is 2. The van der Waals surface area contributed by atoms with E-state index in [1.54, 1.807) is 18.2 Å². The molecule has 2 heterocycles. The van der Waals surface area contributed by atoms with E-state index in [1.807, 2.05) is 30.0 Å². The Hall–Kier alpha value is -2.30. The molecule has 0 bridgehead atoms. The van der Waals surface area contributed by atoms with E-state index < -0.39 is 0 Å². The minimum absolute atomic E-state index is 0.260. The molecule has 0 saturated carbocycles. The third-order valence-electron chi connectivity index (χ3n) is 5.17. The third kappa shape index (κ3) is 3.11. The lowest BCUT2D eigenvalue weighted by Crippen LogP contribution is -2.37. The second-order valence-corrected chi connectivity index (χ2v) is 7.84. The summed E-state index contributed by atoms with van der Waals surface area (Å²) in [6, 6.07) is 13.0. The zero-order chi connectivity index (χ0) is 19.8. The summed E-state index contributed by atoms with van der Waals surface area (Å²) in [6.07, 6.45) is 2.57. The number of imide groups is 1. The molecular weight excluding hydrogens is 395 g/mol. The number of hydrogen-bond donors (Lipinski definition) is 0. The number of aryl methyl sites for hydroxylation is 1. The van der Waals surface area contributed by atoms with Gasteiger partial charge >= 0.3 is 0 Å². The van der Waals surface area contributed by atoms with Crippen molar-refractivity contribution in [3.05, 3.63) is 69.3 Å². The van der Waals surface area contributed by atoms with Crippen molar-refractivity contribution in [1.29, 1.82) is 0 Å². The van der Waals surface area contributed by atoms with Crippen LogP contribution in [0.3, 0.4) is 0 Å². The van der Waals surface area contributed by atoms with Crippen LogP contribution in [-0.4, -0.2) is 29.8 Å². The van der Waals surface area contributed by atoms with Crippen LogP contribution >= 0.6 is 23.2 Å². The first-order valence-corrected chi connectivity index (χ1v) is 10.2. The van der Waals surface area contributed by atoms with Crippen LogP contribution in [0.1, 0.15) is 30.9 Å². The Balaban J connectivity index is 1.93. The minimum atomic E-state index is -0.297. The Morgan fingerprint density at radius 2 is 1.82 bits per heavy atom. The molecule has 2 aliphatic heterocycles. The van der Waals surface area contributed by atoms with E-state index in [4.69, 9.17) is 23.2 Å². The van der Waals surface area contributed by atoms with Gasteiger partial charge in [0.1, 0.15) is 5.70 Å². The molecule has 0 aromatic heterocycles. The largest absolute Gasteiger partial charge is 0.336 e. The van der Waals surface area contributed by atoms with Crippen molar-refractivity contribution in [2.45, 2.75) is 26.2 Å². The van der Waals surface area contributed by atoms with Crippen molar-refractivity contribution in [1.82, 2.24) is 4.90 Å². The summed E-state index contributed by atoms with van der Waals surface area (Å²) >= 11 is 12.5. The molecule has 0 aliphatic carbocycles. The fourth-order valence-electron chi connectivity index (χ4n) is 3.94. The fraction of sp³-hybridized carbons (Fsp3) is 0.273. The van der Waals surface area contributed by atoms with Crippen LogP contribution in [-0.2, 0) is 16.0 Å². The van der Waals surface area contributed by atoms with E-state index in [1.165, 1.54) is 10.5 Å². The number of para-hydroxylation sites is 1. The van der Waals surface area contributed by atoms with Crippen molar-refractivity contribution in [2.75, 3.05) is 18.0 Å². The van der Waals surface area contributed by atoms with Gasteiger partial charge in [-0.3, -0.25) is 14.5 Å². The molecule has 28 heavy (non-hydrogen) atoms. The number of carbonyl (C=O) groups excluding carboxylic acids is 2. The summed E-state index contributed by atoms with van der Waals surface area (Å²) in [6.45, 7) is 3.01. The first kappa shape index (κ1) is 19.0. The normalized spacial score (nSPS) is 16.8. The fourth-order valence-corrected chi connectivity index (χ4v) is 4.44. The number of nitrogens with zero attached hydrogens (tertiary/aromatic N) is 2. The molecule has 4 nitrogen and oxygen atoms in total. The van der Waals surface area contributed by atoms with E-state index in [0.29, 0.717) is 46.4 Å². The standard InChI is InChI=1S/C22H20Cl2N2O2/c1-2-11-26-21(27)19(16-10-9-15(23)13-17(16)24)20(22(26)28)25-12-5-7-14-6-3-4-8-18(14)25/h3-4,6,8-10,13H,2,5,7,11-12H2,1H3. The summed E-state index contributed by atoms with van der Waals surface area (Å²) in [4.78, 5) is 29.9. The van der Waals surface area contributed by atoms with Crippen LogP contribution in [0, 0.1) is 0 Å². The zero-order valence-corrected chi connectivity index (χ0v) is 17.1. The molecular formula is C22H20Cl2N2O2. The van der Waals surface area contributed by atoms with Crippen molar-refractivity contribution in [2.24, 2.45) is 0 Å². The average Bonchev–Trinajstić information content (AvgIpc) is 2.92. The average molecular weight is 415 g/mol. The Bertz CT molecular complexity index is 1000. The molecule has 2 aliphatic rings. The van der Waals surface area contributed by atoms with Crippen LogP contribution in [0.2, 0.25) is 10.0 Å². The molecule has 0 atom stereocenters. The Kier molecular flexibility index (Phi) is 5.17. The van der Waals surface area contributed by atoms with Crippen molar-refractivity contribution < 1.29 is 9.59 Å². The van der Waals surface area contributed by atoms with Gasteiger partial charge in [-0.15, -0.1) is 0 Å². The Labute approximate surface area is 174 Å². The highest BCUT2D eigenvalue weighted by atomic mass is 35.5. The molecule has 0 unspecified atom stereocenters. The van der Waals surface area contributed by atoms with Gasteiger partial charge in [0.2, 0.25) is 0 Å². The maximum atomic E-state index is 13.3. The van der Waals surface area contributed by atoms with Crippen molar-refractivity contribution in [3.63, 3.8) is 0 Å². The third-order valence-corrected chi connectivity index (χ3v) is 5.72. The van der Waals surface area contributed by atoms with Crippen LogP contribution in [0.15, 0.2) is 48.2 Å². The summed E-state index contributed by atoms with van der Waals surface area (Å²) in [7, 11) is 0. The maximum absolute atomic E-state index is 13.3. The number of anilines is 1. The van der Waals surface area contributed by atoms with Gasteiger partial charge in [0, 0.05) is 29.4 Å². The molecule has 2 aromatic carbocycles. The zero-order valence-electron chi connectivity index (χ0n) is 15.5. The number of rotatable bonds is 4. The molecule has 0 spiro atoms. The predicted molar refractivity (Wildman–Crippen MR) is 113 cm³/mol. The van der Waals surface area contributed by atoms with E-state index >= 15 is 0 Å². The summed E-state index contributed by atoms with van der Waals surface area (Å²) in [5.74, 6) is -0.557. The van der Waals surface area contributed by atoms with Crippen molar-refractivity contribution in [3.8, 4) is 0 Å². The van der Waals surface area contributed by atoms with Crippen LogP contribution in [0.5, 0.6) is 0 Å². The Morgan fingerprint density at radius 1 is 1.04 bits per heavy atom. The SMILES string of the molecule is CCCN1C(=O)C(c2ccc(Cl)cc2Cl)=C(N2CCCc3ccccc32)C1=O. The number of halogens is 2. The van der Waals surface area contributed by atoms with E-state index in [9.17, 15) is 9.59 Å². The monoisotopic (exact) mass is 414 g/mol. The first-order chi connectivity index (χ1) is 13.5. The minimum Gasteiger partial charge on any atom is -0.336 e. The van der Waals surface area contributed by atoms with E-state index in [-0.39, 0.29) is 11.8 Å². The lowest BCUT2D eigenvalue weighted by atomic mass is 9.98. The van der Waals surface area contributed by atoms with Crippen LogP contribution in [0.25, 0.3) is 5.57 Å². The van der Waals surface area contributed by atoms with E-state index in [0.717, 1.165) is 18.5 Å². The van der Waals surface area contributed by atoms with Gasteiger partial charge in [0.05, 0.1) is 10.6 Å². The summed E-state index contributed by atoms with van der Waals surface area (Å²) in [5.41, 5.74) is 3.47. The van der Waals surface area contributed by atoms with Gasteiger partial charge in [-0.05, 0) is 43.0 Å². The highest BCUT2D eigenvalue weighted by Crippen LogP contribution is 2.40. The highest BCUT2D eigenvalue weighted by molar-refractivity contribution is 6.41. The topological polar surface area (TPSA) is 40.6 Å². The molecule has 0 radical (unpaired) electrons. The molecule has 0 N–H and O–H groups in total. The van der Waals surface area contributed by atoms with Gasteiger partial charge in [0.15, 0.2) is 0 Å².